The Labute approximate surface area is 209 Å². The molecule has 9 nitrogen and oxygen atoms in total. The van der Waals surface area contributed by atoms with Crippen molar-refractivity contribution in [2.45, 2.75) is 98.8 Å². The van der Waals surface area contributed by atoms with Crippen LogP contribution in [0.3, 0.4) is 0 Å². The number of Topliss-reactive ketones (excluding diaryl/α,β-unsaturated/α-hetero) is 3. The van der Waals surface area contributed by atoms with Crippen molar-refractivity contribution in [3.05, 3.63) is 18.2 Å². The largest absolute Gasteiger partial charge is 0.444 e. The van der Waals surface area contributed by atoms with Gasteiger partial charge in [0.25, 0.3) is 0 Å². The second-order valence-corrected chi connectivity index (χ2v) is 10.9. The lowest BCUT2D eigenvalue weighted by Gasteiger charge is -2.28. The van der Waals surface area contributed by atoms with Gasteiger partial charge in [0.15, 0.2) is 11.6 Å². The van der Waals surface area contributed by atoms with E-state index in [9.17, 15) is 19.2 Å². The van der Waals surface area contributed by atoms with Gasteiger partial charge >= 0.3 is 6.09 Å². The van der Waals surface area contributed by atoms with E-state index in [1.807, 2.05) is 48.5 Å². The van der Waals surface area contributed by atoms with Gasteiger partial charge in [-0.2, -0.15) is 0 Å². The molecule has 0 aromatic carbocycles. The average Bonchev–Trinajstić information content (AvgIpc) is 3.43. The Morgan fingerprint density at radius 3 is 2.26 bits per heavy atom. The summed E-state index contributed by atoms with van der Waals surface area (Å²) in [6, 6.07) is -0.863. The first-order valence-corrected chi connectivity index (χ1v) is 12.5. The van der Waals surface area contributed by atoms with Gasteiger partial charge in [-0.25, -0.2) is 9.78 Å². The van der Waals surface area contributed by atoms with Gasteiger partial charge in [-0.1, -0.05) is 34.6 Å². The molecule has 1 aliphatic rings. The molecule has 35 heavy (non-hydrogen) atoms. The number of aromatic amines is 1. The smallest absolute Gasteiger partial charge is 0.410 e. The molecule has 2 rings (SSSR count). The first-order chi connectivity index (χ1) is 16.1. The number of hydrogen-bond donors (Lipinski definition) is 2. The Bertz CT molecular complexity index is 842. The fourth-order valence-electron chi connectivity index (χ4n) is 3.86. The van der Waals surface area contributed by atoms with Crippen LogP contribution in [0.15, 0.2) is 12.5 Å². The number of ketones is 3. The number of imidazole rings is 1. The molecule has 1 aromatic heterocycles. The number of nitrogens with one attached hydrogen (secondary N) is 1. The molecule has 0 aliphatic carbocycles. The van der Waals surface area contributed by atoms with E-state index in [0.717, 1.165) is 18.5 Å². The Hall–Kier alpha value is -2.55. The second-order valence-electron chi connectivity index (χ2n) is 10.9. The van der Waals surface area contributed by atoms with E-state index >= 15 is 0 Å². The molecule has 3 N–H and O–H groups in total. The molecule has 1 fully saturated rings. The summed E-state index contributed by atoms with van der Waals surface area (Å²) in [7, 11) is 0. The minimum absolute atomic E-state index is 0.0389. The van der Waals surface area contributed by atoms with E-state index < -0.39 is 11.6 Å². The summed E-state index contributed by atoms with van der Waals surface area (Å²) < 4.78 is 5.32. The van der Waals surface area contributed by atoms with Crippen LogP contribution in [-0.4, -0.2) is 62.5 Å². The Morgan fingerprint density at radius 2 is 1.77 bits per heavy atom. The number of aromatic nitrogens is 2. The number of hydrogen-bond acceptors (Lipinski definition) is 7. The van der Waals surface area contributed by atoms with Crippen LogP contribution in [-0.2, 0) is 25.5 Å². The van der Waals surface area contributed by atoms with Gasteiger partial charge in [0.1, 0.15) is 11.4 Å². The molecular formula is C26H44N4O5. The first-order valence-electron chi connectivity index (χ1n) is 12.5. The van der Waals surface area contributed by atoms with Crippen molar-refractivity contribution in [1.29, 1.82) is 0 Å². The molecule has 0 spiro atoms. The highest BCUT2D eigenvalue weighted by Crippen LogP contribution is 2.23. The van der Waals surface area contributed by atoms with Gasteiger partial charge < -0.3 is 15.5 Å². The molecule has 1 saturated heterocycles. The lowest BCUT2D eigenvalue weighted by Crippen LogP contribution is -2.44. The van der Waals surface area contributed by atoms with E-state index in [-0.39, 0.29) is 53.7 Å². The third kappa shape index (κ3) is 10.3. The number of rotatable bonds is 9. The molecule has 1 aliphatic heterocycles. The summed E-state index contributed by atoms with van der Waals surface area (Å²) in [4.78, 5) is 55.9. The van der Waals surface area contributed by atoms with Crippen molar-refractivity contribution < 1.29 is 23.9 Å². The normalized spacial score (nSPS) is 17.6. The number of nitrogens with two attached hydrogens (primary N) is 1. The molecule has 9 heteroatoms. The van der Waals surface area contributed by atoms with Crippen LogP contribution in [0, 0.1) is 17.8 Å². The van der Waals surface area contributed by atoms with E-state index in [2.05, 4.69) is 9.97 Å². The second kappa shape index (κ2) is 13.5. The SMILES string of the molecule is CC(C)C(=O)[C@@H]1CCCN1C(=O)OC(C)(C)C.CC(C)C(=O)[C@H](C)CC(=O)[C@@H](N)Cc1cnc[nH]1. The summed E-state index contributed by atoms with van der Waals surface area (Å²) in [5, 5.41) is 0. The van der Waals surface area contributed by atoms with Gasteiger partial charge in [0, 0.05) is 49.0 Å². The lowest BCUT2D eigenvalue weighted by molar-refractivity contribution is -0.129. The zero-order chi connectivity index (χ0) is 26.9. The van der Waals surface area contributed by atoms with E-state index in [1.54, 1.807) is 24.3 Å². The third-order valence-corrected chi connectivity index (χ3v) is 5.75. The number of carbonyl (C=O) groups is 4. The molecule has 1 aromatic rings. The van der Waals surface area contributed by atoms with Gasteiger partial charge in [-0.3, -0.25) is 19.3 Å². The summed E-state index contributed by atoms with van der Waals surface area (Å²) in [6.07, 6.45) is 5.12. The predicted molar refractivity (Wildman–Crippen MR) is 135 cm³/mol. The van der Waals surface area contributed by atoms with Crippen molar-refractivity contribution in [3.63, 3.8) is 0 Å². The maximum Gasteiger partial charge on any atom is 0.410 e. The van der Waals surface area contributed by atoms with Gasteiger partial charge in [-0.15, -0.1) is 0 Å². The van der Waals surface area contributed by atoms with Gasteiger partial charge in [-0.05, 0) is 33.6 Å². The summed E-state index contributed by atoms with van der Waals surface area (Å²) in [6.45, 7) is 15.3. The van der Waals surface area contributed by atoms with E-state index in [1.165, 1.54) is 0 Å². The maximum absolute atomic E-state index is 12.0. The van der Waals surface area contributed by atoms with Crippen LogP contribution < -0.4 is 5.73 Å². The molecule has 198 valence electrons. The maximum atomic E-state index is 12.0. The van der Waals surface area contributed by atoms with Crippen LogP contribution in [0.2, 0.25) is 0 Å². The highest BCUT2D eigenvalue weighted by Gasteiger charge is 2.37. The molecule has 0 bridgehead atoms. The van der Waals surface area contributed by atoms with E-state index in [0.29, 0.717) is 13.0 Å². The van der Waals surface area contributed by atoms with Crippen LogP contribution in [0.5, 0.6) is 0 Å². The lowest BCUT2D eigenvalue weighted by atomic mass is 9.90. The minimum atomic E-state index is -0.576. The summed E-state index contributed by atoms with van der Waals surface area (Å²) in [5.41, 5.74) is 6.15. The minimum Gasteiger partial charge on any atom is -0.444 e. The molecule has 2 heterocycles. The molecule has 0 unspecified atom stereocenters. The standard InChI is InChI=1S/C13H21N3O2.C13H23NO3/c1-8(2)13(18)9(3)4-12(17)11(14)5-10-6-15-7-16-10;1-9(2)11(15)10-7-6-8-14(10)12(16)17-13(3,4)5/h6-9,11H,4-5,14H2,1-3H3,(H,15,16);9-10H,6-8H2,1-5H3/t9-,11+;10-/m10/s1. The van der Waals surface area contributed by atoms with Crippen molar-refractivity contribution in [3.8, 4) is 0 Å². The number of H-pyrrole nitrogens is 1. The van der Waals surface area contributed by atoms with Gasteiger partial charge in [0.2, 0.25) is 0 Å². The predicted octanol–water partition coefficient (Wildman–Crippen LogP) is 3.71. The number of amides is 1. The van der Waals surface area contributed by atoms with Crippen molar-refractivity contribution in [2.75, 3.05) is 6.54 Å². The quantitative estimate of drug-likeness (QED) is 0.536. The van der Waals surface area contributed by atoms with Crippen molar-refractivity contribution in [1.82, 2.24) is 14.9 Å². The third-order valence-electron chi connectivity index (χ3n) is 5.75. The monoisotopic (exact) mass is 492 g/mol. The number of likely N-dealkylation sites (tertiary alicyclic amines) is 1. The number of nitrogens with zero attached hydrogens (tertiary/aromatic N) is 2. The number of ether oxygens (including phenoxy) is 1. The van der Waals surface area contributed by atoms with Crippen LogP contribution in [0.4, 0.5) is 4.79 Å². The van der Waals surface area contributed by atoms with Crippen LogP contribution in [0.25, 0.3) is 0 Å². The first kappa shape index (κ1) is 30.5. The Kier molecular flexibility index (Phi) is 11.8. The zero-order valence-corrected chi connectivity index (χ0v) is 22.6. The zero-order valence-electron chi connectivity index (χ0n) is 22.6. The highest BCUT2D eigenvalue weighted by atomic mass is 16.6. The van der Waals surface area contributed by atoms with Crippen molar-refractivity contribution >= 4 is 23.4 Å². The number of carbonyl (C=O) groups excluding carboxylic acids is 4. The van der Waals surface area contributed by atoms with E-state index in [4.69, 9.17) is 10.5 Å². The molecular weight excluding hydrogens is 448 g/mol. The molecule has 1 amide bonds. The van der Waals surface area contributed by atoms with Gasteiger partial charge in [0.05, 0.1) is 18.4 Å². The molecule has 3 atom stereocenters. The van der Waals surface area contributed by atoms with Crippen LogP contribution in [0.1, 0.15) is 80.3 Å². The highest BCUT2D eigenvalue weighted by molar-refractivity contribution is 5.91. The summed E-state index contributed by atoms with van der Waals surface area (Å²) >= 11 is 0. The van der Waals surface area contributed by atoms with Crippen molar-refractivity contribution in [2.24, 2.45) is 23.5 Å². The molecule has 0 saturated carbocycles. The topological polar surface area (TPSA) is 135 Å². The fraction of sp³-hybridized carbons (Fsp3) is 0.731. The summed E-state index contributed by atoms with van der Waals surface area (Å²) in [5.74, 6) is -0.179. The Morgan fingerprint density at radius 1 is 1.14 bits per heavy atom. The Balaban J connectivity index is 0.000000351. The fourth-order valence-corrected chi connectivity index (χ4v) is 3.86. The average molecular weight is 493 g/mol. The molecule has 0 radical (unpaired) electrons. The van der Waals surface area contributed by atoms with Crippen LogP contribution >= 0.6 is 0 Å².